The summed E-state index contributed by atoms with van der Waals surface area (Å²) < 4.78 is 107. The molecule has 3 N–H and O–H groups in total. The van der Waals surface area contributed by atoms with E-state index in [-0.39, 0.29) is 19.0 Å². The lowest BCUT2D eigenvalue weighted by Gasteiger charge is -2.42. The van der Waals surface area contributed by atoms with Crippen molar-refractivity contribution in [2.75, 3.05) is 26.3 Å². The van der Waals surface area contributed by atoms with E-state index in [1.165, 1.54) is 0 Å². The number of rotatable bonds is 8. The minimum atomic E-state index is -5.20. The molecule has 2 heterocycles. The minimum Gasteiger partial charge on any atom is -0.486 e. The molecule has 2 aliphatic heterocycles. The summed E-state index contributed by atoms with van der Waals surface area (Å²) in [5.41, 5.74) is -0.795. The van der Waals surface area contributed by atoms with Crippen molar-refractivity contribution < 1.29 is 59.3 Å². The molecule has 1 aromatic carbocycles. The molecule has 2 aliphatic carbocycles. The second-order valence-corrected chi connectivity index (χ2v) is 13.4. The molecule has 4 aliphatic rings. The molecule has 2 saturated carbocycles. The number of carboxylic acids is 1. The number of carbonyl (C=O) groups excluding carboxylic acids is 2. The molecule has 2 saturated heterocycles. The number of ether oxygens (including phenoxy) is 2. The Morgan fingerprint density at radius 3 is 2.26 bits per heavy atom. The summed E-state index contributed by atoms with van der Waals surface area (Å²) in [6.45, 7) is -1.92. The highest BCUT2D eigenvalue weighted by atomic mass is 32.2. The van der Waals surface area contributed by atoms with Gasteiger partial charge in [-0.25, -0.2) is 17.2 Å². The van der Waals surface area contributed by atoms with E-state index in [1.807, 2.05) is 0 Å². The second-order valence-electron chi connectivity index (χ2n) is 11.2. The number of halogens is 5. The molecule has 5 atom stereocenters. The van der Waals surface area contributed by atoms with Gasteiger partial charge in [-0.05, 0) is 37.5 Å². The first-order chi connectivity index (χ1) is 19.4. The number of carboxylic acid groups (broad SMARTS) is 1. The number of amides is 2. The standard InChI is InChI=1S/C25H24F5N3O8S/c26-23(27)10-33(11-23)19(34)16-4-14(5-24(16,21(36)37)18-6-22(18,9-31)20(32)35)42(38,39)17-2-1-12(41-13-7-40-8-13)3-15(17)25(28,29)30/h1-3,13-14,16,18H,4-8,10-11H2,(H2,32,35)(H,36,37). The molecule has 5 rings (SSSR count). The number of likely N-dealkylation sites (tertiary alicyclic amines) is 1. The summed E-state index contributed by atoms with van der Waals surface area (Å²) in [6, 6.07) is 3.79. The molecule has 0 spiro atoms. The molecule has 1 aromatic rings. The number of aliphatic carboxylic acids is 1. The van der Waals surface area contributed by atoms with Gasteiger partial charge in [0.25, 0.3) is 5.92 Å². The van der Waals surface area contributed by atoms with Crippen molar-refractivity contribution in [2.24, 2.45) is 28.4 Å². The third-order valence-electron chi connectivity index (χ3n) is 8.67. The molecule has 5 unspecified atom stereocenters. The minimum absolute atomic E-state index is 0.121. The molecule has 17 heteroatoms. The van der Waals surface area contributed by atoms with Crippen LogP contribution in [0, 0.1) is 34.0 Å². The number of carbonyl (C=O) groups is 3. The van der Waals surface area contributed by atoms with Crippen molar-refractivity contribution in [2.45, 2.75) is 47.6 Å². The Morgan fingerprint density at radius 2 is 1.81 bits per heavy atom. The summed E-state index contributed by atoms with van der Waals surface area (Å²) in [6.07, 6.45) is -7.99. The van der Waals surface area contributed by atoms with Crippen molar-refractivity contribution in [1.82, 2.24) is 4.90 Å². The maximum Gasteiger partial charge on any atom is 0.417 e. The quantitative estimate of drug-likeness (QED) is 0.408. The Hall–Kier alpha value is -3.52. The van der Waals surface area contributed by atoms with Crippen molar-refractivity contribution >= 4 is 27.6 Å². The topological polar surface area (TPSA) is 177 Å². The number of primary amides is 1. The van der Waals surface area contributed by atoms with E-state index in [0.717, 1.165) is 6.07 Å². The Morgan fingerprint density at radius 1 is 1.17 bits per heavy atom. The van der Waals surface area contributed by atoms with Crippen LogP contribution in [0.1, 0.15) is 24.8 Å². The fourth-order valence-corrected chi connectivity index (χ4v) is 8.37. The number of hydrogen-bond acceptors (Lipinski definition) is 8. The molecule has 0 radical (unpaired) electrons. The summed E-state index contributed by atoms with van der Waals surface area (Å²) in [7, 11) is -5.05. The van der Waals surface area contributed by atoms with Crippen LogP contribution < -0.4 is 10.5 Å². The van der Waals surface area contributed by atoms with Crippen LogP contribution in [-0.4, -0.2) is 79.8 Å². The van der Waals surface area contributed by atoms with Gasteiger partial charge in [0, 0.05) is 5.92 Å². The zero-order valence-corrected chi connectivity index (χ0v) is 22.4. The van der Waals surface area contributed by atoms with Gasteiger partial charge in [0.05, 0.1) is 59.4 Å². The smallest absolute Gasteiger partial charge is 0.417 e. The van der Waals surface area contributed by atoms with Crippen LogP contribution in [0.3, 0.4) is 0 Å². The monoisotopic (exact) mass is 621 g/mol. The van der Waals surface area contributed by atoms with Gasteiger partial charge in [0.15, 0.2) is 9.84 Å². The zero-order valence-electron chi connectivity index (χ0n) is 21.6. The van der Waals surface area contributed by atoms with Crippen LogP contribution in [0.15, 0.2) is 23.1 Å². The predicted molar refractivity (Wildman–Crippen MR) is 127 cm³/mol. The normalized spacial score (nSPS) is 32.3. The maximum atomic E-state index is 14.1. The molecule has 228 valence electrons. The number of nitriles is 1. The van der Waals surface area contributed by atoms with Crippen molar-refractivity contribution in [1.29, 1.82) is 5.26 Å². The zero-order chi connectivity index (χ0) is 31.0. The Bertz CT molecular complexity index is 1500. The van der Waals surface area contributed by atoms with Gasteiger partial charge in [-0.15, -0.1) is 0 Å². The molecule has 4 fully saturated rings. The lowest BCUT2D eigenvalue weighted by atomic mass is 9.70. The second kappa shape index (κ2) is 9.49. The molecule has 0 aromatic heterocycles. The van der Waals surface area contributed by atoms with Gasteiger partial charge in [-0.1, -0.05) is 0 Å². The summed E-state index contributed by atoms with van der Waals surface area (Å²) in [5.74, 6) is -11.1. The third kappa shape index (κ3) is 4.55. The first-order valence-corrected chi connectivity index (χ1v) is 14.2. The van der Waals surface area contributed by atoms with Gasteiger partial charge < -0.3 is 25.2 Å². The van der Waals surface area contributed by atoms with E-state index in [4.69, 9.17) is 15.2 Å². The van der Waals surface area contributed by atoms with E-state index in [2.05, 4.69) is 0 Å². The maximum absolute atomic E-state index is 14.1. The summed E-state index contributed by atoms with van der Waals surface area (Å²) in [5, 5.41) is 18.1. The van der Waals surface area contributed by atoms with Crippen molar-refractivity contribution in [3.8, 4) is 11.8 Å². The fraction of sp³-hybridized carbons (Fsp3) is 0.600. The van der Waals surface area contributed by atoms with E-state index >= 15 is 0 Å². The molecule has 0 bridgehead atoms. The molecule has 11 nitrogen and oxygen atoms in total. The van der Waals surface area contributed by atoms with E-state index < -0.39 is 117 Å². The van der Waals surface area contributed by atoms with Crippen LogP contribution in [0.5, 0.6) is 5.75 Å². The molecular formula is C25H24F5N3O8S. The highest BCUT2D eigenvalue weighted by Crippen LogP contribution is 2.68. The average Bonchev–Trinajstić information content (AvgIpc) is 3.48. The number of sulfone groups is 1. The number of benzene rings is 1. The lowest BCUT2D eigenvalue weighted by molar-refractivity contribution is -0.177. The van der Waals surface area contributed by atoms with Crippen LogP contribution in [0.25, 0.3) is 0 Å². The number of nitrogens with two attached hydrogens (primary N) is 1. The first-order valence-electron chi connectivity index (χ1n) is 12.7. The molecule has 42 heavy (non-hydrogen) atoms. The van der Waals surface area contributed by atoms with Crippen LogP contribution in [-0.2, 0) is 35.1 Å². The fourth-order valence-electron chi connectivity index (χ4n) is 6.33. The largest absolute Gasteiger partial charge is 0.486 e. The number of hydrogen-bond donors (Lipinski definition) is 2. The third-order valence-corrected chi connectivity index (χ3v) is 10.9. The average molecular weight is 622 g/mol. The SMILES string of the molecule is N#CC1(C(N)=O)CC1C1(C(=O)O)CC(S(=O)(=O)c2ccc(OC3COC3)cc2C(F)(F)F)CC1C(=O)N1CC(F)(F)C1. The van der Waals surface area contributed by atoms with Gasteiger partial charge >= 0.3 is 12.1 Å². The van der Waals surface area contributed by atoms with Gasteiger partial charge in [-0.3, -0.25) is 14.4 Å². The van der Waals surface area contributed by atoms with Crippen LogP contribution in [0.2, 0.25) is 0 Å². The number of nitrogens with zero attached hydrogens (tertiary/aromatic N) is 2. The van der Waals surface area contributed by atoms with Crippen LogP contribution >= 0.6 is 0 Å². The van der Waals surface area contributed by atoms with E-state index in [1.54, 1.807) is 6.07 Å². The van der Waals surface area contributed by atoms with Crippen LogP contribution in [0.4, 0.5) is 22.0 Å². The lowest BCUT2D eigenvalue weighted by Crippen LogP contribution is -2.61. The van der Waals surface area contributed by atoms with E-state index in [0.29, 0.717) is 17.0 Å². The molecule has 2 amide bonds. The van der Waals surface area contributed by atoms with Gasteiger partial charge in [-0.2, -0.15) is 18.4 Å². The Balaban J connectivity index is 1.57. The first kappa shape index (κ1) is 30.0. The summed E-state index contributed by atoms with van der Waals surface area (Å²) in [4.78, 5) is 37.8. The predicted octanol–water partition coefficient (Wildman–Crippen LogP) is 1.60. The van der Waals surface area contributed by atoms with Gasteiger partial charge in [0.1, 0.15) is 17.3 Å². The van der Waals surface area contributed by atoms with Crippen molar-refractivity contribution in [3.63, 3.8) is 0 Å². The molecular weight excluding hydrogens is 597 g/mol. The highest BCUT2D eigenvalue weighted by molar-refractivity contribution is 7.92. The van der Waals surface area contributed by atoms with E-state index in [9.17, 15) is 55.1 Å². The van der Waals surface area contributed by atoms with Crippen molar-refractivity contribution in [3.05, 3.63) is 23.8 Å². The van der Waals surface area contributed by atoms with Gasteiger partial charge in [0.2, 0.25) is 11.8 Å². The number of alkyl halides is 5. The summed E-state index contributed by atoms with van der Waals surface area (Å²) >= 11 is 0. The highest BCUT2D eigenvalue weighted by Gasteiger charge is 2.76. The Kier molecular flexibility index (Phi) is 6.77. The Labute approximate surface area is 235 Å².